The number of hydrogen-bond donors (Lipinski definition) is 1. The van der Waals surface area contributed by atoms with Gasteiger partial charge in [0.25, 0.3) is 0 Å². The zero-order valence-electron chi connectivity index (χ0n) is 8.83. The number of nitrogens with one attached hydrogen (secondary N) is 1. The van der Waals surface area contributed by atoms with Crippen molar-refractivity contribution in [2.45, 2.75) is 19.3 Å². The van der Waals surface area contributed by atoms with Gasteiger partial charge in [-0.25, -0.2) is 0 Å². The van der Waals surface area contributed by atoms with Crippen molar-refractivity contribution in [2.75, 3.05) is 19.6 Å². The Balaban J connectivity index is 2.02. The predicted molar refractivity (Wildman–Crippen MR) is 58.1 cm³/mol. The summed E-state index contributed by atoms with van der Waals surface area (Å²) in [5.41, 5.74) is 2.64. The molecule has 80 valence electrons. The second kappa shape index (κ2) is 3.49. The molecule has 1 atom stereocenters. The summed E-state index contributed by atoms with van der Waals surface area (Å²) in [5.74, 6) is 0.940. The van der Waals surface area contributed by atoms with Crippen molar-refractivity contribution >= 4 is 5.91 Å². The van der Waals surface area contributed by atoms with Gasteiger partial charge in [0.2, 0.25) is 5.91 Å². The number of allylic oxidation sites excluding steroid dienone is 3. The minimum Gasteiger partial charge on any atom is -0.313 e. The lowest BCUT2D eigenvalue weighted by Crippen LogP contribution is -2.49. The molecule has 0 bridgehead atoms. The zero-order valence-corrected chi connectivity index (χ0v) is 8.83. The first-order valence-electron chi connectivity index (χ1n) is 5.77. The van der Waals surface area contributed by atoms with Crippen LogP contribution in [0.15, 0.2) is 23.4 Å². The van der Waals surface area contributed by atoms with Gasteiger partial charge in [0.05, 0.1) is 6.54 Å². The van der Waals surface area contributed by atoms with Crippen molar-refractivity contribution < 1.29 is 4.79 Å². The van der Waals surface area contributed by atoms with Gasteiger partial charge in [0.1, 0.15) is 0 Å². The molecule has 0 spiro atoms. The topological polar surface area (TPSA) is 32.3 Å². The average molecular weight is 204 g/mol. The van der Waals surface area contributed by atoms with Crippen LogP contribution in [0.25, 0.3) is 0 Å². The van der Waals surface area contributed by atoms with E-state index >= 15 is 0 Å². The molecular formula is C12H16N2O. The Bertz CT molecular complexity index is 357. The third kappa shape index (κ3) is 1.42. The third-order valence-electron chi connectivity index (χ3n) is 3.65. The van der Waals surface area contributed by atoms with Gasteiger partial charge in [-0.1, -0.05) is 12.2 Å². The monoisotopic (exact) mass is 204 g/mol. The molecule has 1 aliphatic carbocycles. The summed E-state index contributed by atoms with van der Waals surface area (Å²) < 4.78 is 0. The molecule has 15 heavy (non-hydrogen) atoms. The standard InChI is InChI=1S/C12H16N2O/c15-12-8-13-7-11-10-4-2-1-3-9(10)5-6-14(11)12/h2,4,9,13H,1,3,5-8H2. The number of carbonyl (C=O) groups excluding carboxylic acids is 1. The summed E-state index contributed by atoms with van der Waals surface area (Å²) in [7, 11) is 0. The number of fused-ring (bicyclic) bond motifs is 2. The van der Waals surface area contributed by atoms with Crippen molar-refractivity contribution in [3.63, 3.8) is 0 Å². The lowest BCUT2D eigenvalue weighted by Gasteiger charge is -2.39. The summed E-state index contributed by atoms with van der Waals surface area (Å²) in [6.45, 7) is 2.30. The molecule has 2 aliphatic heterocycles. The SMILES string of the molecule is O=C1CNCC2=C3C=CCCC3CCN12. The molecule has 1 unspecified atom stereocenters. The van der Waals surface area contributed by atoms with Crippen LogP contribution in [0.2, 0.25) is 0 Å². The average Bonchev–Trinajstić information content (AvgIpc) is 2.29. The molecule has 3 aliphatic rings. The van der Waals surface area contributed by atoms with Crippen LogP contribution in [0.3, 0.4) is 0 Å². The number of nitrogens with zero attached hydrogens (tertiary/aromatic N) is 1. The van der Waals surface area contributed by atoms with Crippen molar-refractivity contribution in [1.82, 2.24) is 10.2 Å². The van der Waals surface area contributed by atoms with Gasteiger partial charge in [-0.15, -0.1) is 0 Å². The normalized spacial score (nSPS) is 30.3. The summed E-state index contributed by atoms with van der Waals surface area (Å²) in [5, 5.41) is 3.18. The highest BCUT2D eigenvalue weighted by Crippen LogP contribution is 2.35. The Morgan fingerprint density at radius 2 is 2.27 bits per heavy atom. The van der Waals surface area contributed by atoms with Crippen LogP contribution < -0.4 is 5.32 Å². The van der Waals surface area contributed by atoms with Crippen molar-refractivity contribution in [3.05, 3.63) is 23.4 Å². The molecule has 3 nitrogen and oxygen atoms in total. The lowest BCUT2D eigenvalue weighted by atomic mass is 9.82. The van der Waals surface area contributed by atoms with E-state index in [1.807, 2.05) is 4.90 Å². The van der Waals surface area contributed by atoms with E-state index in [0.717, 1.165) is 19.5 Å². The second-order valence-corrected chi connectivity index (χ2v) is 4.52. The number of hydrogen-bond acceptors (Lipinski definition) is 2. The maximum Gasteiger partial charge on any atom is 0.240 e. The van der Waals surface area contributed by atoms with E-state index in [2.05, 4.69) is 17.5 Å². The van der Waals surface area contributed by atoms with Gasteiger partial charge in [-0.2, -0.15) is 0 Å². The summed E-state index contributed by atoms with van der Waals surface area (Å²) >= 11 is 0. The summed E-state index contributed by atoms with van der Waals surface area (Å²) in [6, 6.07) is 0. The fraction of sp³-hybridized carbons (Fsp3) is 0.583. The van der Waals surface area contributed by atoms with Crippen LogP contribution >= 0.6 is 0 Å². The Labute approximate surface area is 89.8 Å². The molecule has 0 saturated carbocycles. The van der Waals surface area contributed by atoms with Gasteiger partial charge < -0.3 is 10.2 Å². The molecule has 3 heteroatoms. The van der Waals surface area contributed by atoms with Crippen LogP contribution in [0, 0.1) is 5.92 Å². The second-order valence-electron chi connectivity index (χ2n) is 4.52. The van der Waals surface area contributed by atoms with E-state index in [1.54, 1.807) is 0 Å². The van der Waals surface area contributed by atoms with E-state index in [1.165, 1.54) is 24.1 Å². The molecule has 1 N–H and O–H groups in total. The molecule has 0 radical (unpaired) electrons. The van der Waals surface area contributed by atoms with E-state index in [0.29, 0.717) is 12.5 Å². The van der Waals surface area contributed by atoms with E-state index in [4.69, 9.17) is 0 Å². The van der Waals surface area contributed by atoms with Crippen LogP contribution in [0.4, 0.5) is 0 Å². The highest BCUT2D eigenvalue weighted by molar-refractivity contribution is 5.81. The predicted octanol–water partition coefficient (Wildman–Crippen LogP) is 1.04. The molecule has 1 amide bonds. The Morgan fingerprint density at radius 3 is 3.20 bits per heavy atom. The quantitative estimate of drug-likeness (QED) is 0.639. The summed E-state index contributed by atoms with van der Waals surface area (Å²) in [4.78, 5) is 13.7. The van der Waals surface area contributed by atoms with Gasteiger partial charge in [0.15, 0.2) is 0 Å². The largest absolute Gasteiger partial charge is 0.313 e. The number of piperazine rings is 1. The maximum absolute atomic E-state index is 11.7. The minimum absolute atomic E-state index is 0.237. The van der Waals surface area contributed by atoms with Crippen LogP contribution in [-0.4, -0.2) is 30.4 Å². The summed E-state index contributed by atoms with van der Waals surface area (Å²) in [6.07, 6.45) is 8.08. The maximum atomic E-state index is 11.7. The van der Waals surface area contributed by atoms with Crippen LogP contribution in [-0.2, 0) is 4.79 Å². The fourth-order valence-corrected chi connectivity index (χ4v) is 2.86. The van der Waals surface area contributed by atoms with E-state index < -0.39 is 0 Å². The molecule has 0 aromatic heterocycles. The van der Waals surface area contributed by atoms with Crippen molar-refractivity contribution in [1.29, 1.82) is 0 Å². The van der Waals surface area contributed by atoms with Gasteiger partial charge in [-0.3, -0.25) is 4.79 Å². The van der Waals surface area contributed by atoms with Crippen molar-refractivity contribution in [3.8, 4) is 0 Å². The number of carbonyl (C=O) groups is 1. The molecule has 3 rings (SSSR count). The lowest BCUT2D eigenvalue weighted by molar-refractivity contribution is -0.130. The fourth-order valence-electron chi connectivity index (χ4n) is 2.86. The molecule has 1 fully saturated rings. The third-order valence-corrected chi connectivity index (χ3v) is 3.65. The van der Waals surface area contributed by atoms with E-state index in [9.17, 15) is 4.79 Å². The van der Waals surface area contributed by atoms with E-state index in [-0.39, 0.29) is 5.91 Å². The first kappa shape index (κ1) is 9.16. The minimum atomic E-state index is 0.237. The number of amides is 1. The van der Waals surface area contributed by atoms with Gasteiger partial charge >= 0.3 is 0 Å². The first-order chi connectivity index (χ1) is 7.36. The number of rotatable bonds is 0. The smallest absolute Gasteiger partial charge is 0.240 e. The molecule has 0 aromatic rings. The molecule has 0 aromatic carbocycles. The van der Waals surface area contributed by atoms with Crippen molar-refractivity contribution in [2.24, 2.45) is 5.92 Å². The first-order valence-corrected chi connectivity index (χ1v) is 5.77. The van der Waals surface area contributed by atoms with Crippen LogP contribution in [0.1, 0.15) is 19.3 Å². The highest BCUT2D eigenvalue weighted by atomic mass is 16.2. The zero-order chi connectivity index (χ0) is 10.3. The van der Waals surface area contributed by atoms with Gasteiger partial charge in [0, 0.05) is 18.8 Å². The van der Waals surface area contributed by atoms with Gasteiger partial charge in [-0.05, 0) is 30.8 Å². The molecular weight excluding hydrogens is 188 g/mol. The highest BCUT2D eigenvalue weighted by Gasteiger charge is 2.32. The molecule has 1 saturated heterocycles. The molecule has 2 heterocycles. The Morgan fingerprint density at radius 1 is 1.33 bits per heavy atom. The Hall–Kier alpha value is -1.09. The van der Waals surface area contributed by atoms with Crippen LogP contribution in [0.5, 0.6) is 0 Å². The Kier molecular flexibility index (Phi) is 2.13.